The Bertz CT molecular complexity index is 1180. The lowest BCUT2D eigenvalue weighted by Crippen LogP contribution is -2.25. The van der Waals surface area contributed by atoms with Crippen LogP contribution in [0.2, 0.25) is 0 Å². The first kappa shape index (κ1) is 23.9. The van der Waals surface area contributed by atoms with Gasteiger partial charge in [0.15, 0.2) is 16.6 Å². The van der Waals surface area contributed by atoms with Crippen LogP contribution in [-0.2, 0) is 13.5 Å². The van der Waals surface area contributed by atoms with E-state index < -0.39 is 5.97 Å². The Kier molecular flexibility index (Phi) is 7.44. The molecule has 0 fully saturated rings. The molecule has 8 nitrogen and oxygen atoms in total. The predicted molar refractivity (Wildman–Crippen MR) is 134 cm³/mol. The first-order chi connectivity index (χ1) is 15.7. The number of hydrogen-bond acceptors (Lipinski definition) is 5. The van der Waals surface area contributed by atoms with Crippen molar-refractivity contribution in [3.63, 3.8) is 0 Å². The highest BCUT2D eigenvalue weighted by Crippen LogP contribution is 2.32. The highest BCUT2D eigenvalue weighted by atomic mass is 32.1. The molecule has 33 heavy (non-hydrogen) atoms. The number of aryl methyl sites for hydroxylation is 1. The molecule has 0 aliphatic heterocycles. The van der Waals surface area contributed by atoms with E-state index in [0.717, 1.165) is 12.0 Å². The molecule has 0 radical (unpaired) electrons. The van der Waals surface area contributed by atoms with Crippen LogP contribution >= 0.6 is 12.2 Å². The normalized spacial score (nSPS) is 11.5. The standard InChI is InChI=1S/C24H27N5O3S/c1-14(2)13-16-5-7-17(8-6-16)21-22(30)20(28-29(21)4)15(3)26-27-24(33)25-19-11-9-18(10-12-19)23(31)32/h5-12,14,30H,13H2,1-4H3,(H,31,32)(H2,25,27,33)/b26-15+. The molecular formula is C24H27N5O3S. The fourth-order valence-corrected chi connectivity index (χ4v) is 3.56. The summed E-state index contributed by atoms with van der Waals surface area (Å²) >= 11 is 5.24. The van der Waals surface area contributed by atoms with Crippen LogP contribution in [0.25, 0.3) is 11.3 Å². The van der Waals surface area contributed by atoms with Gasteiger partial charge in [-0.3, -0.25) is 10.1 Å². The molecule has 0 spiro atoms. The monoisotopic (exact) mass is 465 g/mol. The molecule has 1 aromatic heterocycles. The minimum atomic E-state index is -0.997. The molecule has 2 aromatic carbocycles. The van der Waals surface area contributed by atoms with Gasteiger partial charge in [-0.05, 0) is 61.3 Å². The zero-order chi connectivity index (χ0) is 24.1. The number of carbonyl (C=O) groups is 1. The van der Waals surface area contributed by atoms with Gasteiger partial charge in [0.2, 0.25) is 0 Å². The van der Waals surface area contributed by atoms with Crippen molar-refractivity contribution in [2.75, 3.05) is 5.32 Å². The number of benzene rings is 2. The lowest BCUT2D eigenvalue weighted by atomic mass is 10.0. The predicted octanol–water partition coefficient (Wildman–Crippen LogP) is 4.40. The molecule has 0 saturated carbocycles. The van der Waals surface area contributed by atoms with Gasteiger partial charge in [0.1, 0.15) is 5.69 Å². The molecule has 0 unspecified atom stereocenters. The summed E-state index contributed by atoms with van der Waals surface area (Å²) in [5.74, 6) is -0.382. The minimum Gasteiger partial charge on any atom is -0.504 e. The third kappa shape index (κ3) is 5.95. The first-order valence-electron chi connectivity index (χ1n) is 10.5. The van der Waals surface area contributed by atoms with Gasteiger partial charge in [-0.15, -0.1) is 0 Å². The number of hydrazone groups is 1. The first-order valence-corrected chi connectivity index (χ1v) is 10.9. The van der Waals surface area contributed by atoms with Crippen LogP contribution in [0.1, 0.15) is 42.4 Å². The molecule has 3 aromatic rings. The van der Waals surface area contributed by atoms with Crippen LogP contribution in [0.4, 0.5) is 5.69 Å². The van der Waals surface area contributed by atoms with Crippen LogP contribution in [0.3, 0.4) is 0 Å². The molecule has 0 atom stereocenters. The van der Waals surface area contributed by atoms with Crippen molar-refractivity contribution in [2.45, 2.75) is 27.2 Å². The summed E-state index contributed by atoms with van der Waals surface area (Å²) in [6.07, 6.45) is 0.998. The number of nitrogens with zero attached hydrogens (tertiary/aromatic N) is 3. The second-order valence-corrected chi connectivity index (χ2v) is 8.52. The number of carboxylic acids is 1. The van der Waals surface area contributed by atoms with Crippen molar-refractivity contribution in [3.05, 3.63) is 65.4 Å². The average Bonchev–Trinajstić information content (AvgIpc) is 3.06. The maximum atomic E-state index is 10.9. The zero-order valence-corrected chi connectivity index (χ0v) is 19.8. The number of rotatable bonds is 7. The van der Waals surface area contributed by atoms with Gasteiger partial charge in [-0.2, -0.15) is 10.2 Å². The molecular weight excluding hydrogens is 438 g/mol. The number of anilines is 1. The van der Waals surface area contributed by atoms with E-state index >= 15 is 0 Å². The maximum absolute atomic E-state index is 10.9. The summed E-state index contributed by atoms with van der Waals surface area (Å²) in [5, 5.41) is 31.6. The summed E-state index contributed by atoms with van der Waals surface area (Å²) in [6.45, 7) is 6.08. The Balaban J connectivity index is 1.71. The average molecular weight is 466 g/mol. The SMILES string of the molecule is C/C(=N\NC(=S)Nc1ccc(C(=O)O)cc1)c1nn(C)c(-c2ccc(CC(C)C)cc2)c1O. The second kappa shape index (κ2) is 10.3. The lowest BCUT2D eigenvalue weighted by molar-refractivity contribution is 0.0697. The Labute approximate surface area is 198 Å². The van der Waals surface area contributed by atoms with E-state index in [9.17, 15) is 9.90 Å². The number of nitrogens with one attached hydrogen (secondary N) is 2. The fraction of sp³-hybridized carbons (Fsp3) is 0.250. The topological polar surface area (TPSA) is 112 Å². The van der Waals surface area contributed by atoms with Crippen LogP contribution in [0.5, 0.6) is 5.75 Å². The molecule has 4 N–H and O–H groups in total. The summed E-state index contributed by atoms with van der Waals surface area (Å²) in [4.78, 5) is 10.9. The van der Waals surface area contributed by atoms with Crippen molar-refractivity contribution < 1.29 is 15.0 Å². The Hall–Kier alpha value is -3.72. The highest BCUT2D eigenvalue weighted by Gasteiger charge is 2.19. The molecule has 3 rings (SSSR count). The van der Waals surface area contributed by atoms with Crippen molar-refractivity contribution in [1.82, 2.24) is 15.2 Å². The van der Waals surface area contributed by atoms with Gasteiger partial charge in [0, 0.05) is 18.3 Å². The number of aromatic carboxylic acids is 1. The van der Waals surface area contributed by atoms with Crippen LogP contribution in [0.15, 0.2) is 53.6 Å². The van der Waals surface area contributed by atoms with E-state index in [1.54, 1.807) is 30.8 Å². The van der Waals surface area contributed by atoms with E-state index in [2.05, 4.69) is 46.9 Å². The molecule has 1 heterocycles. The van der Waals surface area contributed by atoms with Gasteiger partial charge < -0.3 is 15.5 Å². The number of thiocarbonyl (C=S) groups is 1. The Morgan fingerprint density at radius 1 is 1.15 bits per heavy atom. The van der Waals surface area contributed by atoms with Crippen molar-refractivity contribution in [1.29, 1.82) is 0 Å². The smallest absolute Gasteiger partial charge is 0.335 e. The van der Waals surface area contributed by atoms with E-state index in [1.807, 2.05) is 12.1 Å². The van der Waals surface area contributed by atoms with E-state index in [0.29, 0.717) is 28.7 Å². The van der Waals surface area contributed by atoms with Gasteiger partial charge in [-0.25, -0.2) is 4.79 Å². The summed E-state index contributed by atoms with van der Waals surface area (Å²) in [5.41, 5.74) is 7.04. The van der Waals surface area contributed by atoms with Crippen molar-refractivity contribution in [2.24, 2.45) is 18.1 Å². The molecule has 0 saturated heterocycles. The largest absolute Gasteiger partial charge is 0.504 e. The molecule has 9 heteroatoms. The van der Waals surface area contributed by atoms with Crippen LogP contribution < -0.4 is 10.7 Å². The van der Waals surface area contributed by atoms with E-state index in [-0.39, 0.29) is 16.4 Å². The van der Waals surface area contributed by atoms with Gasteiger partial charge in [0.05, 0.1) is 11.3 Å². The molecule has 0 aliphatic carbocycles. The Morgan fingerprint density at radius 3 is 2.36 bits per heavy atom. The number of aromatic hydroxyl groups is 1. The molecule has 0 bridgehead atoms. The van der Waals surface area contributed by atoms with E-state index in [4.69, 9.17) is 17.3 Å². The van der Waals surface area contributed by atoms with Crippen LogP contribution in [-0.4, -0.2) is 36.8 Å². The molecule has 0 amide bonds. The second-order valence-electron chi connectivity index (χ2n) is 8.11. The summed E-state index contributed by atoms with van der Waals surface area (Å²) in [7, 11) is 1.77. The van der Waals surface area contributed by atoms with Crippen LogP contribution in [0, 0.1) is 5.92 Å². The van der Waals surface area contributed by atoms with Crippen molar-refractivity contribution >= 4 is 34.7 Å². The molecule has 0 aliphatic rings. The van der Waals surface area contributed by atoms with Crippen molar-refractivity contribution in [3.8, 4) is 17.0 Å². The number of aromatic nitrogens is 2. The third-order valence-corrected chi connectivity index (χ3v) is 5.14. The third-order valence-electron chi connectivity index (χ3n) is 4.95. The van der Waals surface area contributed by atoms with Gasteiger partial charge in [0.25, 0.3) is 0 Å². The fourth-order valence-electron chi connectivity index (χ4n) is 3.39. The minimum absolute atomic E-state index is 0.0419. The van der Waals surface area contributed by atoms with E-state index in [1.165, 1.54) is 17.7 Å². The van der Waals surface area contributed by atoms with Gasteiger partial charge in [-0.1, -0.05) is 38.1 Å². The zero-order valence-electron chi connectivity index (χ0n) is 19.0. The lowest BCUT2D eigenvalue weighted by Gasteiger charge is -2.08. The quantitative estimate of drug-likeness (QED) is 0.232. The molecule has 172 valence electrons. The number of carboxylic acid groups (broad SMARTS) is 1. The number of hydrogen-bond donors (Lipinski definition) is 4. The summed E-state index contributed by atoms with van der Waals surface area (Å²) in [6, 6.07) is 14.3. The van der Waals surface area contributed by atoms with Gasteiger partial charge >= 0.3 is 5.97 Å². The summed E-state index contributed by atoms with van der Waals surface area (Å²) < 4.78 is 1.63. The Morgan fingerprint density at radius 2 is 1.79 bits per heavy atom. The highest BCUT2D eigenvalue weighted by molar-refractivity contribution is 7.80. The maximum Gasteiger partial charge on any atom is 0.335 e.